The Hall–Kier alpha value is -1.14. The van der Waals surface area contributed by atoms with Gasteiger partial charge in [0.2, 0.25) is 11.8 Å². The molecule has 2 saturated carbocycles. The molecule has 0 aromatic heterocycles. The van der Waals surface area contributed by atoms with Crippen molar-refractivity contribution in [2.45, 2.75) is 39.2 Å². The van der Waals surface area contributed by atoms with Crippen LogP contribution < -0.4 is 5.73 Å². The fourth-order valence-corrected chi connectivity index (χ4v) is 4.83. The maximum Gasteiger partial charge on any atom is 0.236 e. The van der Waals surface area contributed by atoms with Crippen LogP contribution in [0.25, 0.3) is 0 Å². The summed E-state index contributed by atoms with van der Waals surface area (Å²) in [7, 11) is 0. The summed E-state index contributed by atoms with van der Waals surface area (Å²) in [4.78, 5) is 31.2. The fraction of sp³-hybridized carbons (Fsp3) is 0.889. The van der Waals surface area contributed by atoms with E-state index in [1.165, 1.54) is 6.42 Å². The Morgan fingerprint density at radius 1 is 1.00 bits per heavy atom. The van der Waals surface area contributed by atoms with Gasteiger partial charge < -0.3 is 15.5 Å². The highest BCUT2D eigenvalue weighted by molar-refractivity contribution is 5.82. The summed E-state index contributed by atoms with van der Waals surface area (Å²) in [5.41, 5.74) is 6.32. The zero-order valence-electron chi connectivity index (χ0n) is 15.1. The normalized spacial score (nSPS) is 32.7. The number of rotatable bonds is 5. The van der Waals surface area contributed by atoms with Crippen LogP contribution in [0.4, 0.5) is 0 Å². The topological polar surface area (TPSA) is 69.9 Å². The van der Waals surface area contributed by atoms with Crippen molar-refractivity contribution >= 4 is 11.8 Å². The summed E-state index contributed by atoms with van der Waals surface area (Å²) in [6.45, 7) is 9.04. The molecule has 136 valence electrons. The van der Waals surface area contributed by atoms with Gasteiger partial charge in [0, 0.05) is 32.2 Å². The van der Waals surface area contributed by atoms with E-state index in [2.05, 4.69) is 18.7 Å². The minimum Gasteiger partial charge on any atom is -0.339 e. The molecule has 0 aromatic rings. The first-order valence-corrected chi connectivity index (χ1v) is 9.59. The van der Waals surface area contributed by atoms with Gasteiger partial charge in [-0.05, 0) is 44.2 Å². The fourth-order valence-electron chi connectivity index (χ4n) is 4.83. The largest absolute Gasteiger partial charge is 0.339 e. The molecule has 2 amide bonds. The Kier molecular flexibility index (Phi) is 5.45. The zero-order chi connectivity index (χ0) is 17.3. The van der Waals surface area contributed by atoms with E-state index < -0.39 is 0 Å². The second kappa shape index (κ2) is 7.40. The lowest BCUT2D eigenvalue weighted by Gasteiger charge is -2.39. The van der Waals surface area contributed by atoms with Crippen LogP contribution >= 0.6 is 0 Å². The van der Waals surface area contributed by atoms with E-state index in [0.29, 0.717) is 44.6 Å². The molecule has 4 atom stereocenters. The molecular formula is C18H32N4O2. The number of carbonyl (C=O) groups is 2. The standard InChI is InChI=1S/C18H32N4O2/c1-3-20(4-2)12-15(23)21-7-9-22(10-8-21)18(24)16-13-5-6-14(11-13)17(16)19/h13-14,16-17H,3-12,19H2,1-2H3. The quantitative estimate of drug-likeness (QED) is 0.788. The van der Waals surface area contributed by atoms with Crippen LogP contribution in [0.3, 0.4) is 0 Å². The average molecular weight is 336 g/mol. The van der Waals surface area contributed by atoms with Crippen LogP contribution in [0.2, 0.25) is 0 Å². The number of hydrogen-bond donors (Lipinski definition) is 1. The second-order valence-electron chi connectivity index (χ2n) is 7.60. The van der Waals surface area contributed by atoms with Crippen molar-refractivity contribution in [2.24, 2.45) is 23.5 Å². The summed E-state index contributed by atoms with van der Waals surface area (Å²) in [5, 5.41) is 0. The van der Waals surface area contributed by atoms with E-state index in [4.69, 9.17) is 5.73 Å². The Morgan fingerprint density at radius 3 is 2.12 bits per heavy atom. The molecule has 0 radical (unpaired) electrons. The molecule has 4 unspecified atom stereocenters. The predicted molar refractivity (Wildman–Crippen MR) is 93.2 cm³/mol. The third-order valence-corrected chi connectivity index (χ3v) is 6.46. The lowest BCUT2D eigenvalue weighted by molar-refractivity contribution is -0.144. The SMILES string of the molecule is CCN(CC)CC(=O)N1CCN(C(=O)C2C3CCC(C3)C2N)CC1. The van der Waals surface area contributed by atoms with Crippen LogP contribution in [0.15, 0.2) is 0 Å². The van der Waals surface area contributed by atoms with E-state index in [-0.39, 0.29) is 23.8 Å². The molecule has 2 aliphatic carbocycles. The van der Waals surface area contributed by atoms with Crippen LogP contribution in [0.1, 0.15) is 33.1 Å². The van der Waals surface area contributed by atoms with E-state index >= 15 is 0 Å². The molecule has 1 heterocycles. The van der Waals surface area contributed by atoms with Crippen LogP contribution in [0.5, 0.6) is 0 Å². The summed E-state index contributed by atoms with van der Waals surface area (Å²) < 4.78 is 0. The second-order valence-corrected chi connectivity index (χ2v) is 7.60. The molecule has 2 N–H and O–H groups in total. The summed E-state index contributed by atoms with van der Waals surface area (Å²) in [6.07, 6.45) is 3.50. The maximum absolute atomic E-state index is 12.9. The monoisotopic (exact) mass is 336 g/mol. The van der Waals surface area contributed by atoms with Gasteiger partial charge in [-0.2, -0.15) is 0 Å². The predicted octanol–water partition coefficient (Wildman–Crippen LogP) is 0.372. The highest BCUT2D eigenvalue weighted by atomic mass is 16.2. The third-order valence-electron chi connectivity index (χ3n) is 6.46. The highest BCUT2D eigenvalue weighted by Crippen LogP contribution is 2.48. The van der Waals surface area contributed by atoms with Crippen molar-refractivity contribution in [2.75, 3.05) is 45.8 Å². The van der Waals surface area contributed by atoms with Crippen molar-refractivity contribution < 1.29 is 9.59 Å². The van der Waals surface area contributed by atoms with E-state index in [1.54, 1.807) is 0 Å². The van der Waals surface area contributed by atoms with Gasteiger partial charge in [-0.1, -0.05) is 13.8 Å². The van der Waals surface area contributed by atoms with E-state index in [0.717, 1.165) is 25.9 Å². The van der Waals surface area contributed by atoms with Gasteiger partial charge in [0.15, 0.2) is 0 Å². The number of carbonyl (C=O) groups excluding carboxylic acids is 2. The Bertz CT molecular complexity index is 470. The number of piperazine rings is 1. The highest BCUT2D eigenvalue weighted by Gasteiger charge is 2.50. The molecule has 1 saturated heterocycles. The first-order chi connectivity index (χ1) is 11.5. The molecular weight excluding hydrogens is 304 g/mol. The van der Waals surface area contributed by atoms with E-state index in [9.17, 15) is 9.59 Å². The smallest absolute Gasteiger partial charge is 0.236 e. The summed E-state index contributed by atoms with van der Waals surface area (Å²) in [6, 6.07) is 0.0542. The number of nitrogens with two attached hydrogens (primary N) is 1. The van der Waals surface area contributed by atoms with Gasteiger partial charge >= 0.3 is 0 Å². The number of nitrogens with zero attached hydrogens (tertiary/aromatic N) is 3. The van der Waals surface area contributed by atoms with Gasteiger partial charge in [-0.25, -0.2) is 0 Å². The minimum absolute atomic E-state index is 0.0293. The van der Waals surface area contributed by atoms with Crippen LogP contribution in [0, 0.1) is 17.8 Å². The van der Waals surface area contributed by atoms with Crippen molar-refractivity contribution in [3.05, 3.63) is 0 Å². The maximum atomic E-state index is 12.9. The minimum atomic E-state index is 0.0293. The molecule has 0 spiro atoms. The zero-order valence-corrected chi connectivity index (χ0v) is 15.1. The molecule has 6 nitrogen and oxygen atoms in total. The lowest BCUT2D eigenvalue weighted by atomic mass is 9.84. The lowest BCUT2D eigenvalue weighted by Crippen LogP contribution is -2.55. The average Bonchev–Trinajstić information content (AvgIpc) is 3.20. The summed E-state index contributed by atoms with van der Waals surface area (Å²) >= 11 is 0. The molecule has 6 heteroatoms. The number of amides is 2. The molecule has 2 bridgehead atoms. The molecule has 24 heavy (non-hydrogen) atoms. The van der Waals surface area contributed by atoms with Crippen molar-refractivity contribution in [1.82, 2.24) is 14.7 Å². The molecule has 3 rings (SSSR count). The van der Waals surface area contributed by atoms with Crippen molar-refractivity contribution in [3.8, 4) is 0 Å². The molecule has 0 aromatic carbocycles. The van der Waals surface area contributed by atoms with Crippen LogP contribution in [-0.2, 0) is 9.59 Å². The Morgan fingerprint density at radius 2 is 1.58 bits per heavy atom. The summed E-state index contributed by atoms with van der Waals surface area (Å²) in [5.74, 6) is 1.51. The Labute approximate surface area is 145 Å². The molecule has 1 aliphatic heterocycles. The number of hydrogen-bond acceptors (Lipinski definition) is 4. The van der Waals surface area contributed by atoms with Gasteiger partial charge in [0.25, 0.3) is 0 Å². The molecule has 3 fully saturated rings. The van der Waals surface area contributed by atoms with Gasteiger partial charge in [-0.3, -0.25) is 14.5 Å². The number of likely N-dealkylation sites (N-methyl/N-ethyl adjacent to an activating group) is 1. The van der Waals surface area contributed by atoms with Crippen molar-refractivity contribution in [3.63, 3.8) is 0 Å². The Balaban J connectivity index is 1.50. The van der Waals surface area contributed by atoms with E-state index in [1.807, 2.05) is 9.80 Å². The third kappa shape index (κ3) is 3.31. The first-order valence-electron chi connectivity index (χ1n) is 9.59. The first kappa shape index (κ1) is 17.7. The van der Waals surface area contributed by atoms with Gasteiger partial charge in [0.1, 0.15) is 0 Å². The van der Waals surface area contributed by atoms with Gasteiger partial charge in [-0.15, -0.1) is 0 Å². The van der Waals surface area contributed by atoms with Gasteiger partial charge in [0.05, 0.1) is 12.5 Å². The van der Waals surface area contributed by atoms with Crippen molar-refractivity contribution in [1.29, 1.82) is 0 Å². The number of fused-ring (bicyclic) bond motifs is 2. The van der Waals surface area contributed by atoms with Crippen LogP contribution in [-0.4, -0.2) is 78.4 Å². The molecule has 3 aliphatic rings.